The highest BCUT2D eigenvalue weighted by molar-refractivity contribution is 7.99. The van der Waals surface area contributed by atoms with Crippen molar-refractivity contribution in [3.8, 4) is 0 Å². The molecule has 0 spiro atoms. The van der Waals surface area contributed by atoms with E-state index in [4.69, 9.17) is 5.11 Å². The van der Waals surface area contributed by atoms with Crippen molar-refractivity contribution in [1.82, 2.24) is 19.8 Å². The summed E-state index contributed by atoms with van der Waals surface area (Å²) in [5.74, 6) is 0.351. The summed E-state index contributed by atoms with van der Waals surface area (Å²) in [4.78, 5) is 29.1. The first-order valence-electron chi connectivity index (χ1n) is 6.25. The molecule has 1 aromatic rings. The smallest absolute Gasteiger partial charge is 0.325 e. The van der Waals surface area contributed by atoms with Crippen LogP contribution < -0.4 is 5.32 Å². The van der Waals surface area contributed by atoms with E-state index in [1.54, 1.807) is 24.6 Å². The molecule has 0 radical (unpaired) electrons. The first-order chi connectivity index (χ1) is 9.36. The Hall–Kier alpha value is -1.54. The molecule has 1 aromatic heterocycles. The molecule has 0 aromatic carbocycles. The van der Waals surface area contributed by atoms with E-state index in [0.717, 1.165) is 10.9 Å². The number of hydrogen-bond donors (Lipinski definition) is 2. The molecule has 0 unspecified atom stereocenters. The van der Waals surface area contributed by atoms with Crippen LogP contribution in [0.3, 0.4) is 0 Å². The fourth-order valence-electron chi connectivity index (χ4n) is 1.96. The van der Waals surface area contributed by atoms with Gasteiger partial charge >= 0.3 is 6.03 Å². The fourth-order valence-corrected chi connectivity index (χ4v) is 2.85. The van der Waals surface area contributed by atoms with Crippen LogP contribution in [0, 0.1) is 0 Å². The van der Waals surface area contributed by atoms with Gasteiger partial charge in [0, 0.05) is 19.3 Å². The van der Waals surface area contributed by atoms with Crippen LogP contribution in [-0.4, -0.2) is 49.3 Å². The predicted molar refractivity (Wildman–Crippen MR) is 74.2 cm³/mol. The van der Waals surface area contributed by atoms with E-state index in [2.05, 4.69) is 10.3 Å². The van der Waals surface area contributed by atoms with Gasteiger partial charge in [0.15, 0.2) is 5.16 Å². The second-order valence-corrected chi connectivity index (χ2v) is 6.17. The molecule has 8 heteroatoms. The first kappa shape index (κ1) is 14.9. The highest BCUT2D eigenvalue weighted by Crippen LogP contribution is 2.20. The third-order valence-corrected chi connectivity index (χ3v) is 4.22. The monoisotopic (exact) mass is 298 g/mol. The van der Waals surface area contributed by atoms with E-state index < -0.39 is 5.54 Å². The number of aliphatic hydroxyl groups is 1. The lowest BCUT2D eigenvalue weighted by atomic mass is 10.1. The molecular weight excluding hydrogens is 280 g/mol. The Morgan fingerprint density at radius 3 is 2.65 bits per heavy atom. The number of carbonyl (C=O) groups excluding carboxylic acids is 2. The van der Waals surface area contributed by atoms with Gasteiger partial charge in [-0.25, -0.2) is 9.78 Å². The van der Waals surface area contributed by atoms with Crippen LogP contribution in [0.2, 0.25) is 0 Å². The van der Waals surface area contributed by atoms with Crippen LogP contribution in [0.4, 0.5) is 4.79 Å². The fraction of sp³-hybridized carbons (Fsp3) is 0.583. The van der Waals surface area contributed by atoms with Gasteiger partial charge in [0.1, 0.15) is 5.54 Å². The molecular formula is C12H18N4O3S. The average Bonchev–Trinajstić information content (AvgIpc) is 2.82. The Bertz CT molecular complexity index is 541. The molecule has 0 atom stereocenters. The molecule has 2 rings (SSSR count). The molecule has 110 valence electrons. The number of aliphatic hydroxyl groups excluding tert-OH is 1. The Morgan fingerprint density at radius 1 is 1.45 bits per heavy atom. The van der Waals surface area contributed by atoms with E-state index in [1.807, 2.05) is 7.05 Å². The molecule has 1 aliphatic heterocycles. The van der Waals surface area contributed by atoms with Crippen molar-refractivity contribution in [2.75, 3.05) is 12.3 Å². The maximum absolute atomic E-state index is 12.0. The number of imide groups is 1. The van der Waals surface area contributed by atoms with Gasteiger partial charge in [0.25, 0.3) is 5.91 Å². The molecule has 1 saturated heterocycles. The topological polar surface area (TPSA) is 87.5 Å². The summed E-state index contributed by atoms with van der Waals surface area (Å²) >= 11 is 1.44. The summed E-state index contributed by atoms with van der Waals surface area (Å²) in [6, 6.07) is -0.350. The number of aromatic nitrogens is 2. The van der Waals surface area contributed by atoms with Crippen LogP contribution in [0.15, 0.2) is 11.4 Å². The van der Waals surface area contributed by atoms with Crippen LogP contribution in [0.25, 0.3) is 0 Å². The highest BCUT2D eigenvalue weighted by Gasteiger charge is 2.43. The summed E-state index contributed by atoms with van der Waals surface area (Å²) in [6.45, 7) is 3.64. The highest BCUT2D eigenvalue weighted by atomic mass is 32.2. The Labute approximate surface area is 121 Å². The van der Waals surface area contributed by atoms with E-state index in [-0.39, 0.29) is 18.5 Å². The number of rotatable bonds is 5. The second kappa shape index (κ2) is 5.45. The van der Waals surface area contributed by atoms with Crippen molar-refractivity contribution in [3.63, 3.8) is 0 Å². The zero-order valence-electron chi connectivity index (χ0n) is 11.7. The van der Waals surface area contributed by atoms with Crippen molar-refractivity contribution in [1.29, 1.82) is 0 Å². The minimum Gasteiger partial charge on any atom is -0.390 e. The minimum atomic E-state index is -0.824. The molecule has 3 amide bonds. The van der Waals surface area contributed by atoms with Gasteiger partial charge in [-0.1, -0.05) is 11.8 Å². The first-order valence-corrected chi connectivity index (χ1v) is 7.23. The van der Waals surface area contributed by atoms with Gasteiger partial charge < -0.3 is 15.0 Å². The Kier molecular flexibility index (Phi) is 4.05. The molecule has 7 nitrogen and oxygen atoms in total. The van der Waals surface area contributed by atoms with Crippen molar-refractivity contribution in [2.45, 2.75) is 31.1 Å². The van der Waals surface area contributed by atoms with Gasteiger partial charge in [-0.3, -0.25) is 9.69 Å². The van der Waals surface area contributed by atoms with Crippen LogP contribution >= 0.6 is 11.8 Å². The maximum Gasteiger partial charge on any atom is 0.325 e. The van der Waals surface area contributed by atoms with Crippen molar-refractivity contribution < 1.29 is 14.7 Å². The number of hydrogen-bond acceptors (Lipinski definition) is 5. The molecule has 0 saturated carbocycles. The number of amides is 3. The van der Waals surface area contributed by atoms with E-state index in [0.29, 0.717) is 12.3 Å². The summed E-state index contributed by atoms with van der Waals surface area (Å²) < 4.78 is 1.79. The lowest BCUT2D eigenvalue weighted by Crippen LogP contribution is -2.40. The van der Waals surface area contributed by atoms with E-state index >= 15 is 0 Å². The number of nitrogens with zero attached hydrogens (tertiary/aromatic N) is 3. The summed E-state index contributed by atoms with van der Waals surface area (Å²) in [6.07, 6.45) is 1.61. The van der Waals surface area contributed by atoms with Gasteiger partial charge in [-0.2, -0.15) is 0 Å². The molecule has 1 aliphatic rings. The third-order valence-electron chi connectivity index (χ3n) is 3.19. The van der Waals surface area contributed by atoms with Gasteiger partial charge in [-0.15, -0.1) is 0 Å². The largest absolute Gasteiger partial charge is 0.390 e. The molecule has 0 aliphatic carbocycles. The van der Waals surface area contributed by atoms with Crippen LogP contribution in [-0.2, 0) is 18.4 Å². The van der Waals surface area contributed by atoms with Crippen molar-refractivity contribution in [3.05, 3.63) is 11.9 Å². The second-order valence-electron chi connectivity index (χ2n) is 5.11. The lowest BCUT2D eigenvalue weighted by molar-refractivity contribution is -0.130. The molecule has 20 heavy (non-hydrogen) atoms. The summed E-state index contributed by atoms with van der Waals surface area (Å²) in [7, 11) is 1.82. The number of imidazole rings is 1. The van der Waals surface area contributed by atoms with E-state index in [9.17, 15) is 9.59 Å². The van der Waals surface area contributed by atoms with Crippen molar-refractivity contribution >= 4 is 23.7 Å². The molecule has 1 fully saturated rings. The zero-order chi connectivity index (χ0) is 14.9. The number of carbonyl (C=O) groups is 2. The molecule has 0 bridgehead atoms. The van der Waals surface area contributed by atoms with Gasteiger partial charge in [0.05, 0.1) is 18.5 Å². The molecule has 2 N–H and O–H groups in total. The SMILES string of the molecule is Cn1c(CO)cnc1SCCN1C(=O)NC(C)(C)C1=O. The number of urea groups is 1. The van der Waals surface area contributed by atoms with Crippen LogP contribution in [0.1, 0.15) is 19.5 Å². The van der Waals surface area contributed by atoms with Gasteiger partial charge in [0.2, 0.25) is 0 Å². The van der Waals surface area contributed by atoms with E-state index in [1.165, 1.54) is 16.7 Å². The van der Waals surface area contributed by atoms with Crippen LogP contribution in [0.5, 0.6) is 0 Å². The Balaban J connectivity index is 1.92. The standard InChI is InChI=1S/C12H18N4O3S/c1-12(2)9(18)16(10(19)14-12)4-5-20-11-13-6-8(7-17)15(11)3/h6,17H,4-5,7H2,1-3H3,(H,14,19). The average molecular weight is 298 g/mol. The Morgan fingerprint density at radius 2 is 2.15 bits per heavy atom. The number of nitrogens with one attached hydrogen (secondary N) is 1. The summed E-state index contributed by atoms with van der Waals surface area (Å²) in [5, 5.41) is 12.5. The normalized spacial score (nSPS) is 17.7. The lowest BCUT2D eigenvalue weighted by Gasteiger charge is -2.15. The quantitative estimate of drug-likeness (QED) is 0.604. The van der Waals surface area contributed by atoms with Gasteiger partial charge in [-0.05, 0) is 13.8 Å². The predicted octanol–water partition coefficient (Wildman–Crippen LogP) is 0.335. The maximum atomic E-state index is 12.0. The minimum absolute atomic E-state index is 0.0642. The van der Waals surface area contributed by atoms with Crippen molar-refractivity contribution in [2.24, 2.45) is 7.05 Å². The zero-order valence-corrected chi connectivity index (χ0v) is 12.5. The number of thioether (sulfide) groups is 1. The summed E-state index contributed by atoms with van der Waals surface area (Å²) in [5.41, 5.74) is -0.0988. The third kappa shape index (κ3) is 2.66. The molecule has 2 heterocycles.